The fourth-order valence-electron chi connectivity index (χ4n) is 5.75. The van der Waals surface area contributed by atoms with Crippen molar-refractivity contribution in [2.24, 2.45) is 0 Å². The van der Waals surface area contributed by atoms with Gasteiger partial charge in [-0.1, -0.05) is 66.7 Å². The van der Waals surface area contributed by atoms with Crippen LogP contribution in [0.2, 0.25) is 0 Å². The number of aryl methyl sites for hydroxylation is 1. The molecule has 0 saturated carbocycles. The molecule has 41 heavy (non-hydrogen) atoms. The number of hydrogen-bond donors (Lipinski definition) is 1. The van der Waals surface area contributed by atoms with Crippen LogP contribution in [-0.4, -0.2) is 47.7 Å². The quantitative estimate of drug-likeness (QED) is 0.226. The minimum absolute atomic E-state index is 0.163. The Hall–Kier alpha value is -4.17. The van der Waals surface area contributed by atoms with Crippen LogP contribution in [0.5, 0.6) is 11.5 Å². The van der Waals surface area contributed by atoms with E-state index < -0.39 is 17.8 Å². The Bertz CT molecular complexity index is 1550. The molecule has 0 spiro atoms. The fourth-order valence-corrected chi connectivity index (χ4v) is 5.75. The van der Waals surface area contributed by atoms with E-state index in [-0.39, 0.29) is 12.8 Å². The Morgan fingerprint density at radius 1 is 0.829 bits per heavy atom. The molecule has 1 aliphatic heterocycles. The van der Waals surface area contributed by atoms with E-state index in [1.54, 1.807) is 20.5 Å². The van der Waals surface area contributed by atoms with Gasteiger partial charge in [0.15, 0.2) is 0 Å². The summed E-state index contributed by atoms with van der Waals surface area (Å²) in [7, 11) is 3.30. The van der Waals surface area contributed by atoms with E-state index in [1.807, 2.05) is 96.4 Å². The van der Waals surface area contributed by atoms with Gasteiger partial charge in [-0.15, -0.1) is 0 Å². The normalized spacial score (nSPS) is 19.0. The van der Waals surface area contributed by atoms with Crippen molar-refractivity contribution in [2.75, 3.05) is 20.8 Å². The van der Waals surface area contributed by atoms with E-state index in [0.717, 1.165) is 44.8 Å². The molecular weight excluding hydrogens is 516 g/mol. The summed E-state index contributed by atoms with van der Waals surface area (Å²) in [6, 6.07) is 32.0. The summed E-state index contributed by atoms with van der Waals surface area (Å²) in [6.07, 6.45) is 0.640. The van der Waals surface area contributed by atoms with Crippen molar-refractivity contribution < 1.29 is 24.1 Å². The van der Waals surface area contributed by atoms with E-state index >= 15 is 0 Å². The van der Waals surface area contributed by atoms with Crippen LogP contribution in [-0.2, 0) is 15.1 Å². The monoisotopic (exact) mass is 550 g/mol. The molecular formula is C34H34N2O5. The first-order chi connectivity index (χ1) is 20.0. The Balaban J connectivity index is 1.37. The summed E-state index contributed by atoms with van der Waals surface area (Å²) in [5.41, 5.74) is 4.84. The highest BCUT2D eigenvalue weighted by atomic mass is 16.6. The van der Waals surface area contributed by atoms with Crippen molar-refractivity contribution in [3.8, 4) is 11.5 Å². The van der Waals surface area contributed by atoms with Gasteiger partial charge >= 0.3 is 0 Å². The molecule has 6 rings (SSSR count). The number of hydrogen-bond acceptors (Lipinski definition) is 6. The molecule has 1 saturated heterocycles. The summed E-state index contributed by atoms with van der Waals surface area (Å²) in [4.78, 5) is 4.59. The molecule has 0 bridgehead atoms. The van der Waals surface area contributed by atoms with Crippen molar-refractivity contribution in [1.29, 1.82) is 0 Å². The summed E-state index contributed by atoms with van der Waals surface area (Å²) in [6.45, 7) is 2.21. The van der Waals surface area contributed by atoms with Gasteiger partial charge in [0.05, 0.1) is 44.3 Å². The molecule has 0 amide bonds. The van der Waals surface area contributed by atoms with Crippen molar-refractivity contribution in [3.63, 3.8) is 0 Å². The Labute approximate surface area is 239 Å². The number of imidazole rings is 1. The lowest BCUT2D eigenvalue weighted by atomic mass is 9.80. The molecule has 1 aliphatic rings. The number of para-hydroxylation sites is 1. The van der Waals surface area contributed by atoms with Crippen LogP contribution in [0.3, 0.4) is 0 Å². The third-order valence-corrected chi connectivity index (χ3v) is 7.96. The van der Waals surface area contributed by atoms with Crippen LogP contribution < -0.4 is 9.47 Å². The highest BCUT2D eigenvalue weighted by molar-refractivity contribution is 5.78. The van der Waals surface area contributed by atoms with Crippen LogP contribution >= 0.6 is 0 Å². The van der Waals surface area contributed by atoms with Gasteiger partial charge in [0.25, 0.3) is 0 Å². The van der Waals surface area contributed by atoms with Gasteiger partial charge in [-0.25, -0.2) is 4.98 Å². The van der Waals surface area contributed by atoms with Gasteiger partial charge in [-0.05, 0) is 59.5 Å². The van der Waals surface area contributed by atoms with Crippen molar-refractivity contribution in [2.45, 2.75) is 37.4 Å². The second kappa shape index (κ2) is 11.4. The summed E-state index contributed by atoms with van der Waals surface area (Å²) < 4.78 is 26.3. The standard InChI is InChI=1S/C34H34N2O5/c1-23-8-7-11-29-33(23)35-22-36(29)32-20-30(37)31(41-32)21-40-34(24-9-5-4-6-10-24,25-12-16-27(38-2)17-13-25)26-14-18-28(39-3)19-15-26/h4-19,22,30-32,37H,20-21H2,1-3H3/t30-,31+,32+/m0/s1. The highest BCUT2D eigenvalue weighted by Gasteiger charge is 2.42. The maximum absolute atomic E-state index is 11.2. The molecule has 5 aromatic rings. The zero-order valence-electron chi connectivity index (χ0n) is 23.4. The van der Waals surface area contributed by atoms with E-state index in [4.69, 9.17) is 18.9 Å². The maximum Gasteiger partial charge on any atom is 0.143 e. The Kier molecular flexibility index (Phi) is 7.49. The highest BCUT2D eigenvalue weighted by Crippen LogP contribution is 2.43. The van der Waals surface area contributed by atoms with Crippen LogP contribution in [0.15, 0.2) is 103 Å². The number of aromatic nitrogens is 2. The lowest BCUT2D eigenvalue weighted by Crippen LogP contribution is -2.38. The molecule has 1 fully saturated rings. The second-order valence-electron chi connectivity index (χ2n) is 10.3. The van der Waals surface area contributed by atoms with E-state index in [9.17, 15) is 5.11 Å². The Morgan fingerprint density at radius 3 is 2.05 bits per heavy atom. The lowest BCUT2D eigenvalue weighted by molar-refractivity contribution is -0.0930. The number of methoxy groups -OCH3 is 2. The number of nitrogens with zero attached hydrogens (tertiary/aromatic N) is 2. The largest absolute Gasteiger partial charge is 0.497 e. The van der Waals surface area contributed by atoms with E-state index in [1.165, 1.54) is 0 Å². The van der Waals surface area contributed by atoms with E-state index in [2.05, 4.69) is 17.1 Å². The van der Waals surface area contributed by atoms with E-state index in [0.29, 0.717) is 6.42 Å². The maximum atomic E-state index is 11.2. The third kappa shape index (κ3) is 4.97. The minimum atomic E-state index is -0.986. The summed E-state index contributed by atoms with van der Waals surface area (Å²) in [5.74, 6) is 1.51. The molecule has 4 aromatic carbocycles. The third-order valence-electron chi connectivity index (χ3n) is 7.96. The smallest absolute Gasteiger partial charge is 0.143 e. The van der Waals surface area contributed by atoms with Crippen molar-refractivity contribution in [1.82, 2.24) is 9.55 Å². The predicted octanol–water partition coefficient (Wildman–Crippen LogP) is 6.02. The number of aliphatic hydroxyl groups is 1. The Morgan fingerprint density at radius 2 is 1.44 bits per heavy atom. The molecule has 2 heterocycles. The van der Waals surface area contributed by atoms with Crippen LogP contribution in [0.1, 0.15) is 34.9 Å². The molecule has 7 heteroatoms. The van der Waals surface area contributed by atoms with Gasteiger partial charge in [0, 0.05) is 6.42 Å². The van der Waals surface area contributed by atoms with Gasteiger partial charge < -0.3 is 28.6 Å². The zero-order valence-corrected chi connectivity index (χ0v) is 23.4. The number of fused-ring (bicyclic) bond motifs is 1. The first-order valence-electron chi connectivity index (χ1n) is 13.8. The predicted molar refractivity (Wildman–Crippen MR) is 157 cm³/mol. The first-order valence-corrected chi connectivity index (χ1v) is 13.8. The lowest BCUT2D eigenvalue weighted by Gasteiger charge is -2.37. The number of benzene rings is 4. The molecule has 0 radical (unpaired) electrons. The average Bonchev–Trinajstić information content (AvgIpc) is 3.62. The number of aliphatic hydroxyl groups excluding tert-OH is 1. The summed E-state index contributed by atoms with van der Waals surface area (Å²) >= 11 is 0. The van der Waals surface area contributed by atoms with Crippen LogP contribution in [0.25, 0.3) is 11.0 Å². The number of rotatable bonds is 9. The van der Waals surface area contributed by atoms with Gasteiger partial charge in [-0.3, -0.25) is 0 Å². The molecule has 0 aliphatic carbocycles. The van der Waals surface area contributed by atoms with Gasteiger partial charge in [0.1, 0.15) is 29.4 Å². The van der Waals surface area contributed by atoms with Crippen LogP contribution in [0.4, 0.5) is 0 Å². The second-order valence-corrected chi connectivity index (χ2v) is 10.3. The minimum Gasteiger partial charge on any atom is -0.497 e. The number of ether oxygens (including phenoxy) is 4. The van der Waals surface area contributed by atoms with Gasteiger partial charge in [-0.2, -0.15) is 0 Å². The topological polar surface area (TPSA) is 75.0 Å². The van der Waals surface area contributed by atoms with Gasteiger partial charge in [0.2, 0.25) is 0 Å². The summed E-state index contributed by atoms with van der Waals surface area (Å²) in [5, 5.41) is 11.2. The van der Waals surface area contributed by atoms with Crippen LogP contribution in [0, 0.1) is 6.92 Å². The first kappa shape index (κ1) is 27.0. The van der Waals surface area contributed by atoms with Crippen molar-refractivity contribution >= 4 is 11.0 Å². The molecule has 1 N–H and O–H groups in total. The molecule has 7 nitrogen and oxygen atoms in total. The SMILES string of the molecule is COc1ccc(C(OC[C@H]2O[C@@H](n3cnc4c(C)cccc43)C[C@@H]2O)(c2ccccc2)c2ccc(OC)cc2)cc1. The average molecular weight is 551 g/mol. The fraction of sp³-hybridized carbons (Fsp3) is 0.265. The molecule has 1 aromatic heterocycles. The van der Waals surface area contributed by atoms with Crippen molar-refractivity contribution in [3.05, 3.63) is 126 Å². The zero-order chi connectivity index (χ0) is 28.4. The molecule has 0 unspecified atom stereocenters. The molecule has 210 valence electrons. The molecule has 3 atom stereocenters.